The van der Waals surface area contributed by atoms with Gasteiger partial charge in [0.1, 0.15) is 0 Å². The van der Waals surface area contributed by atoms with Crippen LogP contribution in [0.5, 0.6) is 0 Å². The molecular weight excluding hydrogens is 262 g/mol. The van der Waals surface area contributed by atoms with Gasteiger partial charge < -0.3 is 10.4 Å². The van der Waals surface area contributed by atoms with Crippen molar-refractivity contribution in [1.82, 2.24) is 5.32 Å². The number of rotatable bonds is 8. The topological polar surface area (TPSA) is 49.3 Å². The van der Waals surface area contributed by atoms with E-state index in [2.05, 4.69) is 25.2 Å². The van der Waals surface area contributed by atoms with Gasteiger partial charge in [-0.3, -0.25) is 4.79 Å². The Morgan fingerprint density at radius 3 is 2.74 bits per heavy atom. The van der Waals surface area contributed by atoms with Crippen LogP contribution in [0.15, 0.2) is 24.3 Å². The Morgan fingerprint density at radius 2 is 2.16 bits per heavy atom. The molecule has 0 bridgehead atoms. The van der Waals surface area contributed by atoms with Gasteiger partial charge in [-0.1, -0.05) is 37.6 Å². The predicted molar refractivity (Wildman–Crippen MR) is 78.7 cm³/mol. The first-order valence-corrected chi connectivity index (χ1v) is 7.04. The predicted octanol–water partition coefficient (Wildman–Crippen LogP) is 3.36. The van der Waals surface area contributed by atoms with Crippen LogP contribution < -0.4 is 5.32 Å². The maximum absolute atomic E-state index is 10.5. The molecule has 0 saturated carbocycles. The molecule has 106 valence electrons. The zero-order valence-corrected chi connectivity index (χ0v) is 12.3. The molecule has 0 aliphatic carbocycles. The van der Waals surface area contributed by atoms with E-state index in [-0.39, 0.29) is 12.5 Å². The van der Waals surface area contributed by atoms with E-state index in [1.54, 1.807) is 0 Å². The van der Waals surface area contributed by atoms with Crippen LogP contribution in [-0.4, -0.2) is 23.7 Å². The summed E-state index contributed by atoms with van der Waals surface area (Å²) in [7, 11) is 0. The second-order valence-corrected chi connectivity index (χ2v) is 5.69. The van der Waals surface area contributed by atoms with Gasteiger partial charge in [0.15, 0.2) is 0 Å². The molecule has 19 heavy (non-hydrogen) atoms. The molecular formula is C15H22ClNO2. The largest absolute Gasteiger partial charge is 0.481 e. The number of carbonyl (C=O) groups is 1. The van der Waals surface area contributed by atoms with Gasteiger partial charge in [0.05, 0.1) is 6.42 Å². The van der Waals surface area contributed by atoms with E-state index in [9.17, 15) is 4.79 Å². The Balaban J connectivity index is 2.55. The molecule has 1 rings (SSSR count). The monoisotopic (exact) mass is 283 g/mol. The highest BCUT2D eigenvalue weighted by Crippen LogP contribution is 2.15. The van der Waals surface area contributed by atoms with Gasteiger partial charge in [-0.25, -0.2) is 0 Å². The summed E-state index contributed by atoms with van der Waals surface area (Å²) >= 11 is 5.98. The van der Waals surface area contributed by atoms with E-state index >= 15 is 0 Å². The quantitative estimate of drug-likeness (QED) is 0.769. The SMILES string of the molecule is CC(C)CC(Cc1cccc(Cl)c1)NCCC(=O)O. The molecule has 0 heterocycles. The van der Waals surface area contributed by atoms with E-state index in [1.807, 2.05) is 18.2 Å². The van der Waals surface area contributed by atoms with Crippen molar-refractivity contribution in [3.63, 3.8) is 0 Å². The highest BCUT2D eigenvalue weighted by atomic mass is 35.5. The van der Waals surface area contributed by atoms with Crippen LogP contribution >= 0.6 is 11.6 Å². The van der Waals surface area contributed by atoms with Gasteiger partial charge in [-0.05, 0) is 36.5 Å². The Kier molecular flexibility index (Phi) is 6.89. The lowest BCUT2D eigenvalue weighted by atomic mass is 9.97. The van der Waals surface area contributed by atoms with E-state index in [0.717, 1.165) is 17.9 Å². The molecule has 0 spiro atoms. The van der Waals surface area contributed by atoms with Gasteiger partial charge in [0.2, 0.25) is 0 Å². The average molecular weight is 284 g/mol. The first-order valence-electron chi connectivity index (χ1n) is 6.67. The van der Waals surface area contributed by atoms with Crippen LogP contribution in [0.25, 0.3) is 0 Å². The van der Waals surface area contributed by atoms with E-state index in [1.165, 1.54) is 5.56 Å². The zero-order valence-electron chi connectivity index (χ0n) is 11.5. The summed E-state index contributed by atoms with van der Waals surface area (Å²) in [6.07, 6.45) is 2.05. The van der Waals surface area contributed by atoms with Crippen molar-refractivity contribution in [3.05, 3.63) is 34.9 Å². The van der Waals surface area contributed by atoms with Crippen molar-refractivity contribution >= 4 is 17.6 Å². The van der Waals surface area contributed by atoms with E-state index in [4.69, 9.17) is 16.7 Å². The summed E-state index contributed by atoms with van der Waals surface area (Å²) in [5.74, 6) is -0.194. The van der Waals surface area contributed by atoms with Crippen LogP contribution in [0.3, 0.4) is 0 Å². The Bertz CT molecular complexity index is 407. The molecule has 3 nitrogen and oxygen atoms in total. The Labute approximate surface area is 120 Å². The molecule has 4 heteroatoms. The number of hydrogen-bond donors (Lipinski definition) is 2. The minimum Gasteiger partial charge on any atom is -0.481 e. The third-order valence-corrected chi connectivity index (χ3v) is 3.13. The average Bonchev–Trinajstić information content (AvgIpc) is 2.27. The highest BCUT2D eigenvalue weighted by Gasteiger charge is 2.12. The highest BCUT2D eigenvalue weighted by molar-refractivity contribution is 6.30. The summed E-state index contributed by atoms with van der Waals surface area (Å²) in [6.45, 7) is 4.85. The number of nitrogens with one attached hydrogen (secondary N) is 1. The molecule has 0 aliphatic rings. The van der Waals surface area contributed by atoms with Crippen LogP contribution in [-0.2, 0) is 11.2 Å². The van der Waals surface area contributed by atoms with Crippen LogP contribution in [0.4, 0.5) is 0 Å². The van der Waals surface area contributed by atoms with Crippen LogP contribution in [0.1, 0.15) is 32.3 Å². The first kappa shape index (κ1) is 16.0. The molecule has 0 saturated heterocycles. The normalized spacial score (nSPS) is 12.6. The first-order chi connectivity index (χ1) is 8.97. The van der Waals surface area contributed by atoms with Gasteiger partial charge in [-0.15, -0.1) is 0 Å². The lowest BCUT2D eigenvalue weighted by Gasteiger charge is -2.20. The third kappa shape index (κ3) is 7.19. The molecule has 0 fully saturated rings. The second-order valence-electron chi connectivity index (χ2n) is 5.26. The van der Waals surface area contributed by atoms with Gasteiger partial charge in [0, 0.05) is 17.6 Å². The van der Waals surface area contributed by atoms with Crippen molar-refractivity contribution in [2.24, 2.45) is 5.92 Å². The maximum Gasteiger partial charge on any atom is 0.304 e. The number of halogens is 1. The Morgan fingerprint density at radius 1 is 1.42 bits per heavy atom. The smallest absolute Gasteiger partial charge is 0.304 e. The molecule has 0 aliphatic heterocycles. The number of aliphatic carboxylic acids is 1. The minimum absolute atomic E-state index is 0.157. The molecule has 0 aromatic heterocycles. The fourth-order valence-electron chi connectivity index (χ4n) is 2.14. The van der Waals surface area contributed by atoms with Crippen molar-refractivity contribution < 1.29 is 9.90 Å². The second kappa shape index (κ2) is 8.18. The van der Waals surface area contributed by atoms with Crippen LogP contribution in [0.2, 0.25) is 5.02 Å². The molecule has 1 aromatic rings. The van der Waals surface area contributed by atoms with Gasteiger partial charge in [-0.2, -0.15) is 0 Å². The van der Waals surface area contributed by atoms with Crippen molar-refractivity contribution in [2.45, 2.75) is 39.2 Å². The van der Waals surface area contributed by atoms with Crippen molar-refractivity contribution in [3.8, 4) is 0 Å². The summed E-state index contributed by atoms with van der Waals surface area (Å²) in [4.78, 5) is 10.5. The molecule has 0 radical (unpaired) electrons. The van der Waals surface area contributed by atoms with E-state index in [0.29, 0.717) is 12.5 Å². The van der Waals surface area contributed by atoms with Gasteiger partial charge >= 0.3 is 5.97 Å². The number of carboxylic acid groups (broad SMARTS) is 1. The summed E-state index contributed by atoms with van der Waals surface area (Å²) in [5.41, 5.74) is 1.18. The lowest BCUT2D eigenvalue weighted by Crippen LogP contribution is -2.34. The summed E-state index contributed by atoms with van der Waals surface area (Å²) in [5, 5.41) is 12.7. The molecule has 2 N–H and O–H groups in total. The fraction of sp³-hybridized carbons (Fsp3) is 0.533. The van der Waals surface area contributed by atoms with Crippen LogP contribution in [0, 0.1) is 5.92 Å². The van der Waals surface area contributed by atoms with Gasteiger partial charge in [0.25, 0.3) is 0 Å². The molecule has 1 atom stereocenters. The maximum atomic E-state index is 10.5. The molecule has 1 aromatic carbocycles. The molecule has 1 unspecified atom stereocenters. The number of hydrogen-bond acceptors (Lipinski definition) is 2. The summed E-state index contributed by atoms with van der Waals surface area (Å²) in [6, 6.07) is 8.12. The summed E-state index contributed by atoms with van der Waals surface area (Å²) < 4.78 is 0. The zero-order chi connectivity index (χ0) is 14.3. The third-order valence-electron chi connectivity index (χ3n) is 2.90. The fourth-order valence-corrected chi connectivity index (χ4v) is 2.35. The minimum atomic E-state index is -0.765. The van der Waals surface area contributed by atoms with Crippen molar-refractivity contribution in [2.75, 3.05) is 6.54 Å². The Hall–Kier alpha value is -1.06. The standard InChI is InChI=1S/C15H22ClNO2/c1-11(2)8-14(17-7-6-15(18)19)10-12-4-3-5-13(16)9-12/h3-5,9,11,14,17H,6-8,10H2,1-2H3,(H,18,19). The van der Waals surface area contributed by atoms with E-state index < -0.39 is 5.97 Å². The number of benzene rings is 1. The lowest BCUT2D eigenvalue weighted by molar-refractivity contribution is -0.136. The van der Waals surface area contributed by atoms with Crippen molar-refractivity contribution in [1.29, 1.82) is 0 Å². The molecule has 0 amide bonds. The number of carboxylic acids is 1.